The van der Waals surface area contributed by atoms with Crippen LogP contribution in [0, 0.1) is 0 Å². The Bertz CT molecular complexity index is 659. The second-order valence-corrected chi connectivity index (χ2v) is 5.87. The van der Waals surface area contributed by atoms with Crippen LogP contribution < -0.4 is 5.32 Å². The van der Waals surface area contributed by atoms with Gasteiger partial charge in [0.15, 0.2) is 0 Å². The molecule has 1 aromatic carbocycles. The van der Waals surface area contributed by atoms with Crippen LogP contribution in [0.3, 0.4) is 0 Å². The number of pyridine rings is 1. The molecule has 0 spiro atoms. The number of anilines is 1. The Hall–Kier alpha value is -2.21. The van der Waals surface area contributed by atoms with Crippen molar-refractivity contribution in [2.45, 2.75) is 13.3 Å². The van der Waals surface area contributed by atoms with E-state index in [4.69, 9.17) is 0 Å². The number of nitrogens with zero attached hydrogens (tertiary/aromatic N) is 2. The van der Waals surface area contributed by atoms with Crippen LogP contribution in [0.15, 0.2) is 53.3 Å². The van der Waals surface area contributed by atoms with Gasteiger partial charge in [-0.2, -0.15) is 0 Å². The summed E-state index contributed by atoms with van der Waals surface area (Å²) in [4.78, 5) is 29.8. The number of carbonyl (C=O) groups excluding carboxylic acids is 2. The molecule has 0 aliphatic carbocycles. The molecule has 5 nitrogen and oxygen atoms in total. The van der Waals surface area contributed by atoms with Crippen LogP contribution in [0.25, 0.3) is 0 Å². The first-order chi connectivity index (χ1) is 11.1. The van der Waals surface area contributed by atoms with Crippen molar-refractivity contribution >= 4 is 33.4 Å². The number of hydrogen-bond donors (Lipinski definition) is 1. The van der Waals surface area contributed by atoms with Crippen molar-refractivity contribution in [3.05, 3.63) is 58.8 Å². The highest BCUT2D eigenvalue weighted by Crippen LogP contribution is 2.14. The number of amides is 2. The van der Waals surface area contributed by atoms with E-state index in [0.717, 1.165) is 10.0 Å². The number of rotatable bonds is 5. The third kappa shape index (κ3) is 5.17. The number of hydrogen-bond acceptors (Lipinski definition) is 3. The van der Waals surface area contributed by atoms with Crippen molar-refractivity contribution in [2.24, 2.45) is 0 Å². The molecule has 2 aromatic rings. The average Bonchev–Trinajstić information content (AvgIpc) is 2.58. The van der Waals surface area contributed by atoms with E-state index in [1.54, 1.807) is 36.7 Å². The molecule has 0 fully saturated rings. The first-order valence-corrected chi connectivity index (χ1v) is 8.14. The molecule has 23 heavy (non-hydrogen) atoms. The van der Waals surface area contributed by atoms with Gasteiger partial charge < -0.3 is 10.2 Å². The summed E-state index contributed by atoms with van der Waals surface area (Å²) in [5, 5.41) is 2.62. The maximum Gasteiger partial charge on any atom is 0.313 e. The van der Waals surface area contributed by atoms with Gasteiger partial charge in [0.05, 0.1) is 0 Å². The van der Waals surface area contributed by atoms with Crippen molar-refractivity contribution in [2.75, 3.05) is 18.4 Å². The Labute approximate surface area is 143 Å². The second kappa shape index (κ2) is 8.43. The highest BCUT2D eigenvalue weighted by Gasteiger charge is 2.20. The fourth-order valence-electron chi connectivity index (χ4n) is 2.08. The van der Waals surface area contributed by atoms with Crippen molar-refractivity contribution in [1.82, 2.24) is 9.88 Å². The number of likely N-dealkylation sites (N-methyl/N-ethyl adjacent to an activating group) is 1. The van der Waals surface area contributed by atoms with E-state index in [0.29, 0.717) is 25.2 Å². The van der Waals surface area contributed by atoms with Crippen LogP contribution in [0.5, 0.6) is 0 Å². The predicted molar refractivity (Wildman–Crippen MR) is 93.0 cm³/mol. The summed E-state index contributed by atoms with van der Waals surface area (Å²) in [5.41, 5.74) is 1.68. The van der Waals surface area contributed by atoms with Gasteiger partial charge in [-0.3, -0.25) is 14.6 Å². The minimum absolute atomic E-state index is 0.484. The first-order valence-electron chi connectivity index (χ1n) is 7.35. The summed E-state index contributed by atoms with van der Waals surface area (Å²) in [7, 11) is 0. The molecule has 0 saturated carbocycles. The monoisotopic (exact) mass is 375 g/mol. The van der Waals surface area contributed by atoms with Crippen molar-refractivity contribution in [3.63, 3.8) is 0 Å². The highest BCUT2D eigenvalue weighted by molar-refractivity contribution is 9.10. The smallest absolute Gasteiger partial charge is 0.313 e. The highest BCUT2D eigenvalue weighted by atomic mass is 79.9. The van der Waals surface area contributed by atoms with Gasteiger partial charge in [-0.25, -0.2) is 0 Å². The molecule has 1 heterocycles. The molecule has 120 valence electrons. The van der Waals surface area contributed by atoms with Crippen LogP contribution >= 0.6 is 15.9 Å². The van der Waals surface area contributed by atoms with E-state index in [1.165, 1.54) is 4.90 Å². The Morgan fingerprint density at radius 1 is 1.13 bits per heavy atom. The van der Waals surface area contributed by atoms with E-state index in [-0.39, 0.29) is 0 Å². The second-order valence-electron chi connectivity index (χ2n) is 4.95. The minimum Gasteiger partial charge on any atom is -0.334 e. The third-order valence-electron chi connectivity index (χ3n) is 3.39. The van der Waals surface area contributed by atoms with Gasteiger partial charge in [-0.15, -0.1) is 0 Å². The molecule has 0 aliphatic rings. The zero-order valence-corrected chi connectivity index (χ0v) is 14.4. The Morgan fingerprint density at radius 2 is 1.78 bits per heavy atom. The van der Waals surface area contributed by atoms with Crippen LogP contribution in [-0.4, -0.2) is 34.8 Å². The van der Waals surface area contributed by atoms with E-state index in [1.807, 2.05) is 19.1 Å². The Kier molecular flexibility index (Phi) is 6.29. The van der Waals surface area contributed by atoms with Gasteiger partial charge >= 0.3 is 11.8 Å². The van der Waals surface area contributed by atoms with Gasteiger partial charge in [-0.1, -0.05) is 15.9 Å². The molecule has 1 aromatic heterocycles. The molecular weight excluding hydrogens is 358 g/mol. The summed E-state index contributed by atoms with van der Waals surface area (Å²) in [5.74, 6) is -1.15. The normalized spacial score (nSPS) is 10.2. The number of nitrogens with one attached hydrogen (secondary N) is 1. The average molecular weight is 376 g/mol. The molecule has 0 bridgehead atoms. The van der Waals surface area contributed by atoms with E-state index in [2.05, 4.69) is 26.2 Å². The lowest BCUT2D eigenvalue weighted by atomic mass is 10.2. The van der Waals surface area contributed by atoms with Crippen LogP contribution in [0.2, 0.25) is 0 Å². The van der Waals surface area contributed by atoms with Crippen molar-refractivity contribution in [1.29, 1.82) is 0 Å². The number of carbonyl (C=O) groups is 2. The largest absolute Gasteiger partial charge is 0.334 e. The topological polar surface area (TPSA) is 62.3 Å². The Balaban J connectivity index is 1.93. The summed E-state index contributed by atoms with van der Waals surface area (Å²) < 4.78 is 0.911. The molecular formula is C17H18BrN3O2. The van der Waals surface area contributed by atoms with Crippen molar-refractivity contribution < 1.29 is 9.59 Å². The molecule has 2 rings (SSSR count). The fraction of sp³-hybridized carbons (Fsp3) is 0.235. The lowest BCUT2D eigenvalue weighted by molar-refractivity contribution is -0.143. The predicted octanol–water partition coefficient (Wildman–Crippen LogP) is 2.87. The third-order valence-corrected chi connectivity index (χ3v) is 3.91. The van der Waals surface area contributed by atoms with E-state index in [9.17, 15) is 9.59 Å². The summed E-state index contributed by atoms with van der Waals surface area (Å²) in [6.45, 7) is 2.84. The van der Waals surface area contributed by atoms with Gasteiger partial charge in [0, 0.05) is 35.6 Å². The molecule has 2 amide bonds. The Morgan fingerprint density at radius 3 is 2.39 bits per heavy atom. The summed E-state index contributed by atoms with van der Waals surface area (Å²) in [6, 6.07) is 10.9. The summed E-state index contributed by atoms with van der Waals surface area (Å²) >= 11 is 3.33. The number of benzene rings is 1. The van der Waals surface area contributed by atoms with Gasteiger partial charge in [0.1, 0.15) is 0 Å². The summed E-state index contributed by atoms with van der Waals surface area (Å²) in [6.07, 6.45) is 4.12. The zero-order chi connectivity index (χ0) is 16.7. The van der Waals surface area contributed by atoms with Crippen LogP contribution in [0.4, 0.5) is 5.69 Å². The van der Waals surface area contributed by atoms with E-state index >= 15 is 0 Å². The molecule has 6 heteroatoms. The zero-order valence-electron chi connectivity index (χ0n) is 12.8. The standard InChI is InChI=1S/C17H18BrN3O2/c1-2-21(12-9-13-7-10-19-11-8-13)17(23)16(22)20-15-5-3-14(18)4-6-15/h3-8,10-11H,2,9,12H2,1H3,(H,20,22). The van der Waals surface area contributed by atoms with E-state index < -0.39 is 11.8 Å². The quantitative estimate of drug-likeness (QED) is 0.817. The molecule has 0 radical (unpaired) electrons. The molecule has 0 aliphatic heterocycles. The molecule has 1 N–H and O–H groups in total. The van der Waals surface area contributed by atoms with Crippen LogP contribution in [-0.2, 0) is 16.0 Å². The SMILES string of the molecule is CCN(CCc1ccncc1)C(=O)C(=O)Nc1ccc(Br)cc1. The lowest BCUT2D eigenvalue weighted by Crippen LogP contribution is -2.40. The van der Waals surface area contributed by atoms with Gasteiger partial charge in [0.25, 0.3) is 0 Å². The lowest BCUT2D eigenvalue weighted by Gasteiger charge is -2.20. The molecule has 0 unspecified atom stereocenters. The number of halogens is 1. The van der Waals surface area contributed by atoms with Gasteiger partial charge in [0.2, 0.25) is 0 Å². The first kappa shape index (κ1) is 17.1. The van der Waals surface area contributed by atoms with Crippen LogP contribution in [0.1, 0.15) is 12.5 Å². The van der Waals surface area contributed by atoms with Crippen molar-refractivity contribution in [3.8, 4) is 0 Å². The van der Waals surface area contributed by atoms with Gasteiger partial charge in [-0.05, 0) is 55.3 Å². The molecule has 0 saturated heterocycles. The maximum atomic E-state index is 12.3. The molecule has 0 atom stereocenters. The fourth-order valence-corrected chi connectivity index (χ4v) is 2.34. The maximum absolute atomic E-state index is 12.3. The minimum atomic E-state index is -0.621. The number of aromatic nitrogens is 1.